The topological polar surface area (TPSA) is 143 Å². The van der Waals surface area contributed by atoms with E-state index in [9.17, 15) is 24.4 Å². The molecule has 1 unspecified atom stereocenters. The fourth-order valence-corrected chi connectivity index (χ4v) is 7.28. The molecule has 0 radical (unpaired) electrons. The summed E-state index contributed by atoms with van der Waals surface area (Å²) in [4.78, 5) is 55.3. The molecule has 37 heavy (non-hydrogen) atoms. The van der Waals surface area contributed by atoms with Gasteiger partial charge >= 0.3 is 0 Å². The molecule has 0 spiro atoms. The van der Waals surface area contributed by atoms with Gasteiger partial charge in [0.15, 0.2) is 0 Å². The first-order valence-corrected chi connectivity index (χ1v) is 13.8. The van der Waals surface area contributed by atoms with Gasteiger partial charge in [0.05, 0.1) is 12.1 Å². The minimum atomic E-state index is -0.878. The van der Waals surface area contributed by atoms with Crippen molar-refractivity contribution in [2.75, 3.05) is 13.1 Å². The highest BCUT2D eigenvalue weighted by Gasteiger charge is 2.70. The summed E-state index contributed by atoms with van der Waals surface area (Å²) in [6.45, 7) is 8.95. The highest BCUT2D eigenvalue weighted by Crippen LogP contribution is 2.65. The van der Waals surface area contributed by atoms with Crippen LogP contribution >= 0.6 is 0 Å². The van der Waals surface area contributed by atoms with Crippen LogP contribution < -0.4 is 21.3 Å². The van der Waals surface area contributed by atoms with Gasteiger partial charge in [0.1, 0.15) is 18.1 Å². The molecule has 3 saturated heterocycles. The van der Waals surface area contributed by atoms with Crippen LogP contribution in [0.1, 0.15) is 66.2 Å². The maximum absolute atomic E-state index is 14.2. The van der Waals surface area contributed by atoms with Gasteiger partial charge in [0, 0.05) is 30.5 Å². The van der Waals surface area contributed by atoms with E-state index in [4.69, 9.17) is 0 Å². The average Bonchev–Trinajstić information content (AvgIpc) is 3.39. The number of hydrogen-bond acceptors (Lipinski definition) is 6. The number of nitrogens with one attached hydrogen (secondary N) is 4. The molecule has 3 heterocycles. The molecule has 3 aliphatic heterocycles. The van der Waals surface area contributed by atoms with E-state index in [1.54, 1.807) is 4.90 Å². The van der Waals surface area contributed by atoms with Gasteiger partial charge in [-0.05, 0) is 42.9 Å². The quantitative estimate of drug-likeness (QED) is 0.423. The standard InChI is InChI=1S/C27H40N6O4/c1-26(2)13-29-23(35)18-10-14(22(34)32-18)9-16(11-28)31-24(36)20-19-17(27(19,3)4)12-33(20)25(37)21(26)30-15-7-5-6-8-15/h14-21,30H,5-10,12-13H2,1-4H3,(H,29,35)(H,31,36)(H,32,34)/t14-,16-,17-,18-,19?,20-,21+/m0/s1. The Hall–Kier alpha value is -2.67. The Morgan fingerprint density at radius 2 is 1.68 bits per heavy atom. The number of amides is 4. The van der Waals surface area contributed by atoms with E-state index >= 15 is 0 Å². The number of nitriles is 1. The van der Waals surface area contributed by atoms with E-state index in [1.807, 2.05) is 13.8 Å². The van der Waals surface area contributed by atoms with Crippen molar-refractivity contribution in [2.24, 2.45) is 28.6 Å². The summed E-state index contributed by atoms with van der Waals surface area (Å²) in [5.41, 5.74) is -0.698. The minimum Gasteiger partial charge on any atom is -0.354 e. The smallest absolute Gasteiger partial charge is 0.244 e. The van der Waals surface area contributed by atoms with Gasteiger partial charge in [-0.3, -0.25) is 19.2 Å². The predicted octanol–water partition coefficient (Wildman–Crippen LogP) is 0.429. The van der Waals surface area contributed by atoms with Crippen LogP contribution in [0.4, 0.5) is 0 Å². The van der Waals surface area contributed by atoms with Crippen LogP contribution in [0.5, 0.6) is 0 Å². The van der Waals surface area contributed by atoms with Crippen molar-refractivity contribution in [2.45, 2.75) is 96.4 Å². The molecule has 0 aromatic heterocycles. The molecule has 2 saturated carbocycles. The molecular weight excluding hydrogens is 472 g/mol. The lowest BCUT2D eigenvalue weighted by atomic mass is 9.82. The summed E-state index contributed by atoms with van der Waals surface area (Å²) in [5.74, 6) is -1.29. The van der Waals surface area contributed by atoms with Gasteiger partial charge in [-0.1, -0.05) is 40.5 Å². The van der Waals surface area contributed by atoms with Crippen LogP contribution in [0.15, 0.2) is 0 Å². The molecular formula is C27H40N6O4. The number of carbonyl (C=O) groups is 4. The van der Waals surface area contributed by atoms with Crippen molar-refractivity contribution in [1.29, 1.82) is 5.26 Å². The van der Waals surface area contributed by atoms with Crippen molar-refractivity contribution >= 4 is 23.6 Å². The molecule has 2 aliphatic carbocycles. The SMILES string of the molecule is CC1(C)CNC(=O)[C@@H]2C[C@H](C[C@@H](C#N)NC(=O)[C@@H]3C4[C@H](CN3C(=O)[C@H]1NC1CCCC1)C4(C)C)C(=O)N2. The van der Waals surface area contributed by atoms with Gasteiger partial charge in [-0.2, -0.15) is 5.26 Å². The van der Waals surface area contributed by atoms with Crippen molar-refractivity contribution in [3.63, 3.8) is 0 Å². The highest BCUT2D eigenvalue weighted by molar-refractivity contribution is 5.94. The Balaban J connectivity index is 1.49. The Labute approximate surface area is 218 Å². The second-order valence-electron chi connectivity index (χ2n) is 13.1. The fourth-order valence-electron chi connectivity index (χ4n) is 7.28. The zero-order valence-electron chi connectivity index (χ0n) is 22.3. The second kappa shape index (κ2) is 9.26. The number of nitrogens with zero attached hydrogens (tertiary/aromatic N) is 2. The summed E-state index contributed by atoms with van der Waals surface area (Å²) >= 11 is 0. The van der Waals surface area contributed by atoms with E-state index in [1.165, 1.54) is 0 Å². The Morgan fingerprint density at radius 1 is 0.973 bits per heavy atom. The number of rotatable bonds is 2. The first-order valence-electron chi connectivity index (χ1n) is 13.8. The fraction of sp³-hybridized carbons (Fsp3) is 0.815. The summed E-state index contributed by atoms with van der Waals surface area (Å²) in [6.07, 6.45) is 4.62. The van der Waals surface area contributed by atoms with Crippen molar-refractivity contribution in [3.05, 3.63) is 0 Å². The molecule has 0 aromatic rings. The molecule has 10 heteroatoms. The Bertz CT molecular complexity index is 1030. The molecule has 4 N–H and O–H groups in total. The summed E-state index contributed by atoms with van der Waals surface area (Å²) in [5, 5.41) is 22.0. The zero-order valence-corrected chi connectivity index (χ0v) is 22.3. The third-order valence-electron chi connectivity index (χ3n) is 9.78. The lowest BCUT2D eigenvalue weighted by Gasteiger charge is -2.40. The van der Waals surface area contributed by atoms with Crippen LogP contribution in [0.25, 0.3) is 0 Å². The van der Waals surface area contributed by atoms with Gasteiger partial charge in [0.25, 0.3) is 0 Å². The molecule has 10 nitrogen and oxygen atoms in total. The molecule has 2 bridgehead atoms. The van der Waals surface area contributed by atoms with Crippen molar-refractivity contribution in [3.8, 4) is 6.07 Å². The first kappa shape index (κ1) is 26.0. The molecule has 5 rings (SSSR count). The summed E-state index contributed by atoms with van der Waals surface area (Å²) < 4.78 is 0. The number of fused-ring (bicyclic) bond motifs is 5. The van der Waals surface area contributed by atoms with E-state index in [-0.39, 0.29) is 66.3 Å². The van der Waals surface area contributed by atoms with E-state index in [0.717, 1.165) is 25.7 Å². The lowest BCUT2D eigenvalue weighted by Crippen LogP contribution is -2.62. The van der Waals surface area contributed by atoms with Gasteiger partial charge in [-0.25, -0.2) is 0 Å². The molecule has 0 aromatic carbocycles. The highest BCUT2D eigenvalue weighted by atomic mass is 16.2. The first-order chi connectivity index (χ1) is 17.4. The Morgan fingerprint density at radius 3 is 2.35 bits per heavy atom. The number of piperidine rings is 1. The second-order valence-corrected chi connectivity index (χ2v) is 13.1. The predicted molar refractivity (Wildman–Crippen MR) is 134 cm³/mol. The molecule has 4 amide bonds. The minimum absolute atomic E-state index is 0.0283. The van der Waals surface area contributed by atoms with Crippen LogP contribution in [-0.4, -0.2) is 71.8 Å². The van der Waals surface area contributed by atoms with Crippen LogP contribution in [-0.2, 0) is 19.2 Å². The summed E-state index contributed by atoms with van der Waals surface area (Å²) in [6, 6.07) is -0.479. The molecule has 7 atom stereocenters. The van der Waals surface area contributed by atoms with E-state index in [0.29, 0.717) is 6.54 Å². The van der Waals surface area contributed by atoms with Gasteiger partial charge < -0.3 is 26.2 Å². The average molecular weight is 513 g/mol. The largest absolute Gasteiger partial charge is 0.354 e. The van der Waals surface area contributed by atoms with Crippen molar-refractivity contribution in [1.82, 2.24) is 26.2 Å². The van der Waals surface area contributed by atoms with E-state index < -0.39 is 35.5 Å². The zero-order chi connectivity index (χ0) is 26.7. The third-order valence-corrected chi connectivity index (χ3v) is 9.78. The lowest BCUT2D eigenvalue weighted by molar-refractivity contribution is -0.144. The van der Waals surface area contributed by atoms with Crippen LogP contribution in [0, 0.1) is 39.9 Å². The molecule has 202 valence electrons. The molecule has 5 aliphatic rings. The third kappa shape index (κ3) is 4.60. The number of carbonyl (C=O) groups excluding carboxylic acids is 4. The van der Waals surface area contributed by atoms with Crippen molar-refractivity contribution < 1.29 is 19.2 Å². The van der Waals surface area contributed by atoms with E-state index in [2.05, 4.69) is 41.2 Å². The number of hydrogen-bond donors (Lipinski definition) is 4. The molecule has 5 fully saturated rings. The maximum atomic E-state index is 14.2. The van der Waals surface area contributed by atoms with Crippen LogP contribution in [0.2, 0.25) is 0 Å². The van der Waals surface area contributed by atoms with Gasteiger partial charge in [-0.15, -0.1) is 0 Å². The van der Waals surface area contributed by atoms with Crippen LogP contribution in [0.3, 0.4) is 0 Å². The maximum Gasteiger partial charge on any atom is 0.244 e. The summed E-state index contributed by atoms with van der Waals surface area (Å²) in [7, 11) is 0. The van der Waals surface area contributed by atoms with Gasteiger partial charge in [0.2, 0.25) is 23.6 Å². The monoisotopic (exact) mass is 512 g/mol. The Kier molecular flexibility index (Phi) is 6.50. The normalized spacial score (nSPS) is 39.4.